The third-order valence-corrected chi connectivity index (χ3v) is 6.41. The molecule has 0 heterocycles. The van der Waals surface area contributed by atoms with E-state index in [1.165, 1.54) is 12.8 Å². The van der Waals surface area contributed by atoms with Crippen LogP contribution in [0, 0.1) is 11.8 Å². The molecule has 0 rings (SSSR count). The van der Waals surface area contributed by atoms with Crippen LogP contribution in [0.15, 0.2) is 0 Å². The molecular weight excluding hydrogens is 335 g/mol. The van der Waals surface area contributed by atoms with E-state index >= 15 is 0 Å². The first-order chi connectivity index (χ1) is 7.80. The summed E-state index contributed by atoms with van der Waals surface area (Å²) < 4.78 is 0. The van der Waals surface area contributed by atoms with Crippen LogP contribution in [-0.2, 0) is 28.9 Å². The zero-order valence-electron chi connectivity index (χ0n) is 11.6. The summed E-state index contributed by atoms with van der Waals surface area (Å²) in [6, 6.07) is 0. The molecule has 2 atom stereocenters. The molecule has 18 heavy (non-hydrogen) atoms. The van der Waals surface area contributed by atoms with Crippen molar-refractivity contribution in [2.75, 3.05) is 0 Å². The molecule has 2 unspecified atom stereocenters. The summed E-state index contributed by atoms with van der Waals surface area (Å²) in [4.78, 5) is 22.6. The van der Waals surface area contributed by atoms with Crippen LogP contribution in [0.2, 0.25) is 0 Å². The Morgan fingerprint density at radius 1 is 1.22 bits per heavy atom. The Morgan fingerprint density at radius 3 is 2.11 bits per heavy atom. The molecule has 0 aromatic carbocycles. The minimum Gasteiger partial charge on any atom is -0.825 e. The van der Waals surface area contributed by atoms with Crippen molar-refractivity contribution in [3.05, 3.63) is 0 Å². The summed E-state index contributed by atoms with van der Waals surface area (Å²) >= 11 is 5.58. The van der Waals surface area contributed by atoms with Gasteiger partial charge in [0.05, 0.1) is 0 Å². The predicted molar refractivity (Wildman–Crippen MR) is 78.4 cm³/mol. The third-order valence-electron chi connectivity index (χ3n) is 2.95. The van der Waals surface area contributed by atoms with Crippen LogP contribution in [-0.4, -0.2) is 5.25 Å². The summed E-state index contributed by atoms with van der Waals surface area (Å²) in [6.07, 6.45) is 5.44. The fraction of sp³-hybridized carbons (Fsp3) is 1.00. The molecule has 0 aromatic rings. The Bertz CT molecular complexity index is 246. The van der Waals surface area contributed by atoms with Gasteiger partial charge in [-0.15, -0.1) is 11.8 Å². The molecule has 1 radical (unpaired) electrons. The summed E-state index contributed by atoms with van der Waals surface area (Å²) in [5.41, 5.74) is -3.63. The Labute approximate surface area is 132 Å². The van der Waals surface area contributed by atoms with Gasteiger partial charge in [-0.1, -0.05) is 47.0 Å². The minimum atomic E-state index is -3.63. The summed E-state index contributed by atoms with van der Waals surface area (Å²) in [7, 11) is 0. The van der Waals surface area contributed by atoms with E-state index in [2.05, 4.69) is 39.5 Å². The number of hydrogen-bond acceptors (Lipinski definition) is 4. The summed E-state index contributed by atoms with van der Waals surface area (Å²) in [5.74, 6) is 0.998. The maximum absolute atomic E-state index is 11.3. The van der Waals surface area contributed by atoms with Gasteiger partial charge in [-0.2, -0.15) is 17.1 Å². The van der Waals surface area contributed by atoms with E-state index < -0.39 is 5.69 Å². The first kappa shape index (κ1) is 21.7. The monoisotopic (exact) mass is 359 g/mol. The van der Waals surface area contributed by atoms with Crippen molar-refractivity contribution in [2.24, 2.45) is 11.8 Å². The molecule has 0 fully saturated rings. The van der Waals surface area contributed by atoms with Gasteiger partial charge >= 0.3 is 17.1 Å². The molecule has 0 spiro atoms. The van der Waals surface area contributed by atoms with E-state index in [0.717, 1.165) is 30.6 Å². The molecule has 2 nitrogen and oxygen atoms in total. The van der Waals surface area contributed by atoms with Gasteiger partial charge in [0.15, 0.2) is 0 Å². The van der Waals surface area contributed by atoms with Crippen molar-refractivity contribution >= 4 is 28.9 Å². The van der Waals surface area contributed by atoms with Crippen molar-refractivity contribution in [3.63, 3.8) is 0 Å². The van der Waals surface area contributed by atoms with Gasteiger partial charge < -0.3 is 9.79 Å². The molecule has 0 saturated heterocycles. The zero-order chi connectivity index (χ0) is 13.5. The van der Waals surface area contributed by atoms with E-state index in [1.54, 1.807) is 0 Å². The number of unbranched alkanes of at least 4 members (excludes halogenated alkanes) is 1. The Hall–Kier alpha value is 1.44. The second-order valence-corrected chi connectivity index (χ2v) is 11.0. The van der Waals surface area contributed by atoms with Crippen molar-refractivity contribution in [1.29, 1.82) is 0 Å². The standard InChI is InChI=1S/C12H27O2PS2.Cu/c1-5-7-8-11(6-2)12(9-10(3)4)17-15(13,14)16;/h10-12H,5-9H2,1-4H3,(H2,13,14,16);/q;+2/p-2. The van der Waals surface area contributed by atoms with Crippen LogP contribution in [0.5, 0.6) is 0 Å². The third kappa shape index (κ3) is 11.3. The zero-order valence-corrected chi connectivity index (χ0v) is 15.1. The molecule has 0 aromatic heterocycles. The van der Waals surface area contributed by atoms with Crippen LogP contribution < -0.4 is 9.79 Å². The SMILES string of the molecule is CCCCC(CC)C(CC(C)C)SP([O-])([O-])=S.[Cu+2]. The Kier molecular flexibility index (Phi) is 13.4. The maximum Gasteiger partial charge on any atom is 2.00 e. The Balaban J connectivity index is 0. The smallest absolute Gasteiger partial charge is 0.825 e. The van der Waals surface area contributed by atoms with Crippen molar-refractivity contribution in [2.45, 2.75) is 65.0 Å². The van der Waals surface area contributed by atoms with Crippen molar-refractivity contribution < 1.29 is 26.9 Å². The normalized spacial score (nSPS) is 15.3. The topological polar surface area (TPSA) is 46.1 Å². The Morgan fingerprint density at radius 2 is 1.78 bits per heavy atom. The van der Waals surface area contributed by atoms with Crippen molar-refractivity contribution in [1.82, 2.24) is 0 Å². The van der Waals surface area contributed by atoms with E-state index in [1.807, 2.05) is 0 Å². The summed E-state index contributed by atoms with van der Waals surface area (Å²) in [5, 5.41) is 0.174. The van der Waals surface area contributed by atoms with Gasteiger partial charge in [0.2, 0.25) is 0 Å². The van der Waals surface area contributed by atoms with Crippen LogP contribution in [0.3, 0.4) is 0 Å². The van der Waals surface area contributed by atoms with Crippen molar-refractivity contribution in [3.8, 4) is 0 Å². The molecule has 0 bridgehead atoms. The molecule has 0 N–H and O–H groups in total. The van der Waals surface area contributed by atoms with Crippen LogP contribution in [0.4, 0.5) is 0 Å². The average Bonchev–Trinajstić information content (AvgIpc) is 2.15. The summed E-state index contributed by atoms with van der Waals surface area (Å²) in [6.45, 7) is 8.59. The molecule has 0 aliphatic heterocycles. The van der Waals surface area contributed by atoms with Gasteiger partial charge in [-0.05, 0) is 24.7 Å². The van der Waals surface area contributed by atoms with E-state index in [-0.39, 0.29) is 22.3 Å². The largest absolute Gasteiger partial charge is 2.00 e. The fourth-order valence-electron chi connectivity index (χ4n) is 2.07. The molecule has 6 heteroatoms. The van der Waals surface area contributed by atoms with E-state index in [9.17, 15) is 9.79 Å². The predicted octanol–water partition coefficient (Wildman–Crippen LogP) is 3.29. The van der Waals surface area contributed by atoms with E-state index in [4.69, 9.17) is 0 Å². The van der Waals surface area contributed by atoms with Gasteiger partial charge in [-0.25, -0.2) is 0 Å². The molecule has 0 amide bonds. The average molecular weight is 360 g/mol. The van der Waals surface area contributed by atoms with Gasteiger partial charge in [0.1, 0.15) is 0 Å². The van der Waals surface area contributed by atoms with Gasteiger partial charge in [0, 0.05) is 5.25 Å². The number of rotatable bonds is 9. The van der Waals surface area contributed by atoms with Crippen LogP contribution in [0.1, 0.15) is 59.8 Å². The maximum atomic E-state index is 11.3. The molecule has 113 valence electrons. The molecule has 0 aliphatic carbocycles. The number of hydrogen-bond donors (Lipinski definition) is 0. The molecule has 0 aliphatic rings. The first-order valence-corrected chi connectivity index (χ1v) is 10.6. The van der Waals surface area contributed by atoms with Crippen LogP contribution >= 0.6 is 17.1 Å². The van der Waals surface area contributed by atoms with Crippen LogP contribution in [0.25, 0.3) is 0 Å². The quantitative estimate of drug-likeness (QED) is 0.468. The van der Waals surface area contributed by atoms with Gasteiger partial charge in [-0.3, -0.25) is 0 Å². The minimum absolute atomic E-state index is 0. The molecule has 0 saturated carbocycles. The van der Waals surface area contributed by atoms with Gasteiger partial charge in [0.25, 0.3) is 0 Å². The second kappa shape index (κ2) is 11.1. The fourth-order valence-corrected chi connectivity index (χ4v) is 6.14. The first-order valence-electron chi connectivity index (χ1n) is 6.50. The molecular formula is C12H25CuO2PS2. The second-order valence-electron chi connectivity index (χ2n) is 5.03. The van der Waals surface area contributed by atoms with E-state index in [0.29, 0.717) is 11.8 Å².